The van der Waals surface area contributed by atoms with Crippen LogP contribution in [0, 0.1) is 0 Å². The standard InChI is InChI=1S/C7H8ClNO/c1-2-10-7-4-3-6(8)5-9-7/h3-5H,2H2,1H3. The Balaban J connectivity index is 2.69. The summed E-state index contributed by atoms with van der Waals surface area (Å²) in [6.07, 6.45) is 1.56. The van der Waals surface area contributed by atoms with E-state index in [9.17, 15) is 0 Å². The maximum Gasteiger partial charge on any atom is 0.213 e. The molecule has 0 saturated carbocycles. The van der Waals surface area contributed by atoms with E-state index in [-0.39, 0.29) is 0 Å². The minimum atomic E-state index is 0.618. The molecule has 0 spiro atoms. The summed E-state index contributed by atoms with van der Waals surface area (Å²) < 4.78 is 5.09. The van der Waals surface area contributed by atoms with E-state index in [1.165, 1.54) is 0 Å². The van der Waals surface area contributed by atoms with Crippen LogP contribution in [0.3, 0.4) is 0 Å². The van der Waals surface area contributed by atoms with Gasteiger partial charge in [0.15, 0.2) is 0 Å². The number of pyridine rings is 1. The first-order valence-electron chi connectivity index (χ1n) is 3.07. The van der Waals surface area contributed by atoms with Crippen LogP contribution in [0.25, 0.3) is 0 Å². The molecule has 1 aromatic rings. The van der Waals surface area contributed by atoms with Crippen LogP contribution in [0.1, 0.15) is 6.92 Å². The van der Waals surface area contributed by atoms with Gasteiger partial charge in [0.05, 0.1) is 11.6 Å². The largest absolute Gasteiger partial charge is 0.478 e. The predicted molar refractivity (Wildman–Crippen MR) is 40.4 cm³/mol. The molecule has 3 heteroatoms. The number of rotatable bonds is 2. The molecular weight excluding hydrogens is 150 g/mol. The van der Waals surface area contributed by atoms with Crippen molar-refractivity contribution >= 4 is 11.6 Å². The zero-order valence-corrected chi connectivity index (χ0v) is 6.43. The summed E-state index contributed by atoms with van der Waals surface area (Å²) in [6.45, 7) is 2.55. The van der Waals surface area contributed by atoms with Crippen molar-refractivity contribution in [3.8, 4) is 5.88 Å². The lowest BCUT2D eigenvalue weighted by Crippen LogP contribution is -1.92. The van der Waals surface area contributed by atoms with Crippen LogP contribution in [-0.4, -0.2) is 11.6 Å². The van der Waals surface area contributed by atoms with Gasteiger partial charge in [-0.2, -0.15) is 0 Å². The molecule has 0 atom stereocenters. The lowest BCUT2D eigenvalue weighted by atomic mass is 10.5. The SMILES string of the molecule is CCOc1ccc(Cl)cn1. The van der Waals surface area contributed by atoms with E-state index in [0.717, 1.165) is 0 Å². The van der Waals surface area contributed by atoms with Crippen molar-refractivity contribution in [3.63, 3.8) is 0 Å². The van der Waals surface area contributed by atoms with Gasteiger partial charge < -0.3 is 4.74 Å². The predicted octanol–water partition coefficient (Wildman–Crippen LogP) is 2.13. The Labute approximate surface area is 64.8 Å². The van der Waals surface area contributed by atoms with E-state index in [4.69, 9.17) is 16.3 Å². The van der Waals surface area contributed by atoms with Crippen LogP contribution in [0.2, 0.25) is 5.02 Å². The summed E-state index contributed by atoms with van der Waals surface area (Å²) in [6, 6.07) is 3.49. The number of ether oxygens (including phenoxy) is 1. The maximum atomic E-state index is 5.59. The minimum Gasteiger partial charge on any atom is -0.478 e. The van der Waals surface area contributed by atoms with Crippen LogP contribution in [0.5, 0.6) is 5.88 Å². The third-order valence-corrected chi connectivity index (χ3v) is 1.22. The van der Waals surface area contributed by atoms with Gasteiger partial charge in [-0.05, 0) is 13.0 Å². The number of aromatic nitrogens is 1. The van der Waals surface area contributed by atoms with E-state index in [1.807, 2.05) is 6.92 Å². The van der Waals surface area contributed by atoms with Crippen LogP contribution in [0.4, 0.5) is 0 Å². The van der Waals surface area contributed by atoms with E-state index in [1.54, 1.807) is 18.3 Å². The first-order valence-corrected chi connectivity index (χ1v) is 3.45. The van der Waals surface area contributed by atoms with Gasteiger partial charge in [-0.15, -0.1) is 0 Å². The molecule has 0 fully saturated rings. The Bertz CT molecular complexity index is 197. The second-order valence-corrected chi connectivity index (χ2v) is 2.18. The number of halogens is 1. The molecule has 0 bridgehead atoms. The minimum absolute atomic E-state index is 0.618. The Morgan fingerprint density at radius 3 is 2.90 bits per heavy atom. The van der Waals surface area contributed by atoms with Crippen LogP contribution < -0.4 is 4.74 Å². The molecule has 54 valence electrons. The zero-order chi connectivity index (χ0) is 7.40. The summed E-state index contributed by atoms with van der Waals surface area (Å²) in [5.74, 6) is 0.618. The molecule has 0 amide bonds. The topological polar surface area (TPSA) is 22.1 Å². The highest BCUT2D eigenvalue weighted by atomic mass is 35.5. The normalized spacial score (nSPS) is 9.40. The van der Waals surface area contributed by atoms with Gasteiger partial charge in [-0.25, -0.2) is 4.98 Å². The smallest absolute Gasteiger partial charge is 0.213 e. The molecule has 0 aliphatic carbocycles. The van der Waals surface area contributed by atoms with Gasteiger partial charge in [-0.3, -0.25) is 0 Å². The fourth-order valence-electron chi connectivity index (χ4n) is 0.596. The Hall–Kier alpha value is -0.760. The summed E-state index contributed by atoms with van der Waals surface area (Å²) >= 11 is 5.59. The molecule has 1 heterocycles. The molecule has 0 aliphatic rings. The lowest BCUT2D eigenvalue weighted by molar-refractivity contribution is 0.327. The third kappa shape index (κ3) is 1.88. The van der Waals surface area contributed by atoms with Gasteiger partial charge in [0.1, 0.15) is 0 Å². The van der Waals surface area contributed by atoms with Crippen LogP contribution >= 0.6 is 11.6 Å². The molecule has 2 nitrogen and oxygen atoms in total. The number of nitrogens with zero attached hydrogens (tertiary/aromatic N) is 1. The molecule has 0 unspecified atom stereocenters. The van der Waals surface area contributed by atoms with Crippen molar-refractivity contribution in [2.75, 3.05) is 6.61 Å². The molecule has 1 rings (SSSR count). The van der Waals surface area contributed by atoms with E-state index in [0.29, 0.717) is 17.5 Å². The summed E-state index contributed by atoms with van der Waals surface area (Å²) in [5, 5.41) is 0.628. The fourth-order valence-corrected chi connectivity index (χ4v) is 0.707. The lowest BCUT2D eigenvalue weighted by Gasteiger charge is -1.99. The van der Waals surface area contributed by atoms with Crippen molar-refractivity contribution in [2.24, 2.45) is 0 Å². The zero-order valence-electron chi connectivity index (χ0n) is 5.67. The molecule has 0 N–H and O–H groups in total. The van der Waals surface area contributed by atoms with Crippen molar-refractivity contribution in [1.29, 1.82) is 0 Å². The second kappa shape index (κ2) is 3.42. The Kier molecular flexibility index (Phi) is 2.51. The molecular formula is C7H8ClNO. The number of hydrogen-bond acceptors (Lipinski definition) is 2. The van der Waals surface area contributed by atoms with E-state index < -0.39 is 0 Å². The highest BCUT2D eigenvalue weighted by Gasteiger charge is 1.90. The Morgan fingerprint density at radius 2 is 2.40 bits per heavy atom. The van der Waals surface area contributed by atoms with Crippen molar-refractivity contribution in [2.45, 2.75) is 6.92 Å². The maximum absolute atomic E-state index is 5.59. The van der Waals surface area contributed by atoms with Crippen molar-refractivity contribution in [3.05, 3.63) is 23.4 Å². The Morgan fingerprint density at radius 1 is 1.60 bits per heavy atom. The van der Waals surface area contributed by atoms with Gasteiger partial charge in [0.25, 0.3) is 0 Å². The molecule has 0 aromatic carbocycles. The van der Waals surface area contributed by atoms with Crippen molar-refractivity contribution in [1.82, 2.24) is 4.98 Å². The monoisotopic (exact) mass is 157 g/mol. The number of hydrogen-bond donors (Lipinski definition) is 0. The quantitative estimate of drug-likeness (QED) is 0.656. The summed E-state index contributed by atoms with van der Waals surface area (Å²) in [5.41, 5.74) is 0. The fraction of sp³-hybridized carbons (Fsp3) is 0.286. The third-order valence-electron chi connectivity index (χ3n) is 0.992. The second-order valence-electron chi connectivity index (χ2n) is 1.75. The molecule has 0 saturated heterocycles. The molecule has 0 aliphatic heterocycles. The van der Waals surface area contributed by atoms with Gasteiger partial charge in [-0.1, -0.05) is 11.6 Å². The van der Waals surface area contributed by atoms with E-state index >= 15 is 0 Å². The molecule has 10 heavy (non-hydrogen) atoms. The summed E-state index contributed by atoms with van der Waals surface area (Å²) in [7, 11) is 0. The van der Waals surface area contributed by atoms with Crippen LogP contribution in [0.15, 0.2) is 18.3 Å². The summed E-state index contributed by atoms with van der Waals surface area (Å²) in [4.78, 5) is 3.91. The first-order chi connectivity index (χ1) is 4.83. The molecule has 1 aromatic heterocycles. The first kappa shape index (κ1) is 7.35. The highest BCUT2D eigenvalue weighted by Crippen LogP contribution is 2.10. The average molecular weight is 158 g/mol. The van der Waals surface area contributed by atoms with Gasteiger partial charge in [0.2, 0.25) is 5.88 Å². The van der Waals surface area contributed by atoms with Gasteiger partial charge >= 0.3 is 0 Å². The average Bonchev–Trinajstić information content (AvgIpc) is 1.95. The van der Waals surface area contributed by atoms with Crippen LogP contribution in [-0.2, 0) is 0 Å². The van der Waals surface area contributed by atoms with E-state index in [2.05, 4.69) is 4.98 Å². The highest BCUT2D eigenvalue weighted by molar-refractivity contribution is 6.30. The van der Waals surface area contributed by atoms with Gasteiger partial charge in [0, 0.05) is 12.3 Å². The van der Waals surface area contributed by atoms with Crippen molar-refractivity contribution < 1.29 is 4.74 Å². The molecule has 0 radical (unpaired) electrons.